The number of aromatic carboxylic acids is 1. The number of carboxylic acid groups (broad SMARTS) is 1. The molecule has 2 aromatic heterocycles. The second kappa shape index (κ2) is 4.74. The Kier molecular flexibility index (Phi) is 2.91. The van der Waals surface area contributed by atoms with Crippen LogP contribution in [0.25, 0.3) is 22.3 Å². The lowest BCUT2D eigenvalue weighted by molar-refractivity contribution is 0.0697. The Morgan fingerprint density at radius 2 is 1.85 bits per heavy atom. The molecule has 0 aliphatic heterocycles. The third kappa shape index (κ3) is 1.91. The van der Waals surface area contributed by atoms with Crippen LogP contribution in [-0.2, 0) is 0 Å². The molecule has 0 spiro atoms. The predicted molar refractivity (Wildman–Crippen MR) is 76.7 cm³/mol. The Morgan fingerprint density at radius 3 is 2.55 bits per heavy atom. The van der Waals surface area contributed by atoms with Gasteiger partial charge in [-0.05, 0) is 30.7 Å². The molecule has 0 aliphatic carbocycles. The number of nitrogens with zero attached hydrogens (tertiary/aromatic N) is 2. The maximum absolute atomic E-state index is 11.6. The van der Waals surface area contributed by atoms with E-state index in [9.17, 15) is 9.90 Å². The van der Waals surface area contributed by atoms with E-state index in [0.717, 1.165) is 10.9 Å². The van der Waals surface area contributed by atoms with Gasteiger partial charge in [0, 0.05) is 11.6 Å². The van der Waals surface area contributed by atoms with Crippen molar-refractivity contribution in [1.29, 1.82) is 0 Å². The molecule has 0 saturated heterocycles. The summed E-state index contributed by atoms with van der Waals surface area (Å²) in [6, 6.07) is 12.9. The van der Waals surface area contributed by atoms with Crippen molar-refractivity contribution in [3.63, 3.8) is 0 Å². The van der Waals surface area contributed by atoms with Gasteiger partial charge in [-0.3, -0.25) is 4.98 Å². The second-order valence-electron chi connectivity index (χ2n) is 4.50. The molecule has 1 aromatic carbocycles. The van der Waals surface area contributed by atoms with E-state index in [1.54, 1.807) is 25.3 Å². The number of para-hydroxylation sites is 1. The molecule has 3 rings (SSSR count). The lowest BCUT2D eigenvalue weighted by Crippen LogP contribution is -2.06. The fourth-order valence-corrected chi connectivity index (χ4v) is 2.33. The van der Waals surface area contributed by atoms with Crippen LogP contribution in [0.1, 0.15) is 15.9 Å². The van der Waals surface area contributed by atoms with E-state index in [1.165, 1.54) is 0 Å². The fourth-order valence-electron chi connectivity index (χ4n) is 2.33. The number of aromatic nitrogens is 2. The molecule has 0 amide bonds. The zero-order chi connectivity index (χ0) is 14.1. The van der Waals surface area contributed by atoms with Gasteiger partial charge in [-0.25, -0.2) is 9.78 Å². The number of benzene rings is 1. The summed E-state index contributed by atoms with van der Waals surface area (Å²) < 4.78 is 0. The Hall–Kier alpha value is -2.75. The van der Waals surface area contributed by atoms with Crippen LogP contribution in [0, 0.1) is 6.92 Å². The van der Waals surface area contributed by atoms with Gasteiger partial charge in [-0.1, -0.05) is 24.3 Å². The van der Waals surface area contributed by atoms with Gasteiger partial charge in [0.2, 0.25) is 0 Å². The maximum Gasteiger partial charge on any atom is 0.338 e. The van der Waals surface area contributed by atoms with E-state index in [1.807, 2.05) is 30.3 Å². The molecule has 20 heavy (non-hydrogen) atoms. The summed E-state index contributed by atoms with van der Waals surface area (Å²) in [6.07, 6.45) is 1.63. The smallest absolute Gasteiger partial charge is 0.338 e. The van der Waals surface area contributed by atoms with E-state index < -0.39 is 5.97 Å². The van der Waals surface area contributed by atoms with Crippen LogP contribution in [0.5, 0.6) is 0 Å². The van der Waals surface area contributed by atoms with E-state index in [-0.39, 0.29) is 5.56 Å². The van der Waals surface area contributed by atoms with E-state index in [4.69, 9.17) is 0 Å². The minimum atomic E-state index is -0.985. The number of rotatable bonds is 2. The topological polar surface area (TPSA) is 63.1 Å². The molecular formula is C16H12N2O2. The number of aryl methyl sites for hydroxylation is 1. The number of hydrogen-bond acceptors (Lipinski definition) is 3. The van der Waals surface area contributed by atoms with E-state index in [0.29, 0.717) is 17.0 Å². The van der Waals surface area contributed by atoms with Crippen LogP contribution in [0.3, 0.4) is 0 Å². The second-order valence-corrected chi connectivity index (χ2v) is 4.50. The predicted octanol–water partition coefficient (Wildman–Crippen LogP) is 3.30. The van der Waals surface area contributed by atoms with Crippen LogP contribution in [0.2, 0.25) is 0 Å². The van der Waals surface area contributed by atoms with Gasteiger partial charge in [0.05, 0.1) is 16.8 Å². The molecule has 98 valence electrons. The summed E-state index contributed by atoms with van der Waals surface area (Å²) in [4.78, 5) is 20.3. The maximum atomic E-state index is 11.6. The SMILES string of the molecule is Cc1c(C(=O)O)c(-c2ccccn2)nc2ccccc12. The molecule has 4 nitrogen and oxygen atoms in total. The molecule has 0 unspecified atom stereocenters. The van der Waals surface area contributed by atoms with Crippen molar-refractivity contribution in [2.75, 3.05) is 0 Å². The van der Waals surface area contributed by atoms with Gasteiger partial charge < -0.3 is 5.11 Å². The number of pyridine rings is 2. The molecule has 1 N–H and O–H groups in total. The molecule has 3 aromatic rings. The first-order valence-corrected chi connectivity index (χ1v) is 6.22. The Morgan fingerprint density at radius 1 is 1.10 bits per heavy atom. The third-order valence-electron chi connectivity index (χ3n) is 3.27. The highest BCUT2D eigenvalue weighted by Crippen LogP contribution is 2.28. The Balaban J connectivity index is 2.41. The lowest BCUT2D eigenvalue weighted by Gasteiger charge is -2.11. The largest absolute Gasteiger partial charge is 0.478 e. The minimum Gasteiger partial charge on any atom is -0.478 e. The average Bonchev–Trinajstić information content (AvgIpc) is 2.47. The number of carbonyl (C=O) groups is 1. The van der Waals surface area contributed by atoms with Gasteiger partial charge >= 0.3 is 5.97 Å². The molecule has 0 bridgehead atoms. The summed E-state index contributed by atoms with van der Waals surface area (Å²) in [7, 11) is 0. The summed E-state index contributed by atoms with van der Waals surface area (Å²) in [5.41, 5.74) is 2.68. The molecule has 0 aliphatic rings. The van der Waals surface area contributed by atoms with Crippen molar-refractivity contribution in [1.82, 2.24) is 9.97 Å². The van der Waals surface area contributed by atoms with E-state index in [2.05, 4.69) is 9.97 Å². The van der Waals surface area contributed by atoms with Crippen molar-refractivity contribution < 1.29 is 9.90 Å². The first-order chi connectivity index (χ1) is 9.68. The highest BCUT2D eigenvalue weighted by molar-refractivity contribution is 6.01. The monoisotopic (exact) mass is 264 g/mol. The molecule has 2 heterocycles. The standard InChI is InChI=1S/C16H12N2O2/c1-10-11-6-2-3-7-12(11)18-15(14(10)16(19)20)13-8-4-5-9-17-13/h2-9H,1H3,(H,19,20). The quantitative estimate of drug-likeness (QED) is 0.771. The van der Waals surface area contributed by atoms with Gasteiger partial charge in [0.25, 0.3) is 0 Å². The fraction of sp³-hybridized carbons (Fsp3) is 0.0625. The average molecular weight is 264 g/mol. The van der Waals surface area contributed by atoms with Gasteiger partial charge in [-0.2, -0.15) is 0 Å². The summed E-state index contributed by atoms with van der Waals surface area (Å²) >= 11 is 0. The first-order valence-electron chi connectivity index (χ1n) is 6.22. The summed E-state index contributed by atoms with van der Waals surface area (Å²) in [5.74, 6) is -0.985. The summed E-state index contributed by atoms with van der Waals surface area (Å²) in [5, 5.41) is 10.4. The highest BCUT2D eigenvalue weighted by Gasteiger charge is 2.19. The molecule has 0 saturated carbocycles. The van der Waals surface area contributed by atoms with Gasteiger partial charge in [0.1, 0.15) is 5.69 Å². The molecule has 0 fully saturated rings. The zero-order valence-electron chi connectivity index (χ0n) is 10.9. The zero-order valence-corrected chi connectivity index (χ0v) is 10.9. The van der Waals surface area contributed by atoms with Crippen LogP contribution >= 0.6 is 0 Å². The van der Waals surface area contributed by atoms with Crippen LogP contribution in [0.15, 0.2) is 48.7 Å². The van der Waals surface area contributed by atoms with Crippen LogP contribution < -0.4 is 0 Å². The number of hydrogen-bond donors (Lipinski definition) is 1. The van der Waals surface area contributed by atoms with Gasteiger partial charge in [0.15, 0.2) is 0 Å². The molecule has 0 radical (unpaired) electrons. The lowest BCUT2D eigenvalue weighted by atomic mass is 10.00. The van der Waals surface area contributed by atoms with E-state index >= 15 is 0 Å². The van der Waals surface area contributed by atoms with Crippen molar-refractivity contribution in [2.45, 2.75) is 6.92 Å². The Bertz CT molecular complexity index is 798. The van der Waals surface area contributed by atoms with Crippen LogP contribution in [-0.4, -0.2) is 21.0 Å². The number of carboxylic acids is 1. The molecule has 4 heteroatoms. The van der Waals surface area contributed by atoms with Crippen molar-refractivity contribution in [2.24, 2.45) is 0 Å². The summed E-state index contributed by atoms with van der Waals surface area (Å²) in [6.45, 7) is 1.81. The molecule has 0 atom stereocenters. The van der Waals surface area contributed by atoms with Crippen LogP contribution in [0.4, 0.5) is 0 Å². The highest BCUT2D eigenvalue weighted by atomic mass is 16.4. The van der Waals surface area contributed by atoms with Gasteiger partial charge in [-0.15, -0.1) is 0 Å². The van der Waals surface area contributed by atoms with Crippen molar-refractivity contribution in [3.05, 3.63) is 59.8 Å². The number of fused-ring (bicyclic) bond motifs is 1. The van der Waals surface area contributed by atoms with Crippen molar-refractivity contribution >= 4 is 16.9 Å². The molecular weight excluding hydrogens is 252 g/mol. The minimum absolute atomic E-state index is 0.211. The first kappa shape index (κ1) is 12.3. The Labute approximate surface area is 115 Å². The third-order valence-corrected chi connectivity index (χ3v) is 3.27. The van der Waals surface area contributed by atoms with Crippen molar-refractivity contribution in [3.8, 4) is 11.4 Å². The normalized spacial score (nSPS) is 10.7.